The van der Waals surface area contributed by atoms with Gasteiger partial charge in [0.25, 0.3) is 5.91 Å². The third kappa shape index (κ3) is 3.50. The highest BCUT2D eigenvalue weighted by atomic mass is 32.1. The lowest BCUT2D eigenvalue weighted by molar-refractivity contribution is 0.102. The number of fused-ring (bicyclic) bond motifs is 1. The number of nitrogens with one attached hydrogen (secondary N) is 1. The molecule has 0 bridgehead atoms. The van der Waals surface area contributed by atoms with E-state index in [0.29, 0.717) is 17.4 Å². The maximum absolute atomic E-state index is 13.1. The van der Waals surface area contributed by atoms with E-state index in [-0.39, 0.29) is 17.4 Å². The van der Waals surface area contributed by atoms with Gasteiger partial charge in [-0.1, -0.05) is 0 Å². The number of hydrogen-bond acceptors (Lipinski definition) is 5. The van der Waals surface area contributed by atoms with Crippen LogP contribution >= 0.6 is 11.3 Å². The maximum atomic E-state index is 13.1. The van der Waals surface area contributed by atoms with Crippen LogP contribution in [0.2, 0.25) is 0 Å². The van der Waals surface area contributed by atoms with Crippen molar-refractivity contribution >= 4 is 22.4 Å². The van der Waals surface area contributed by atoms with Gasteiger partial charge in [-0.3, -0.25) is 10.1 Å². The fraction of sp³-hybridized carbons (Fsp3) is 0.0952. The van der Waals surface area contributed by atoms with E-state index >= 15 is 0 Å². The fourth-order valence-corrected chi connectivity index (χ4v) is 3.87. The quantitative estimate of drug-likeness (QED) is 0.548. The molecule has 0 aliphatic carbocycles. The van der Waals surface area contributed by atoms with E-state index in [0.717, 1.165) is 23.4 Å². The zero-order valence-electron chi connectivity index (χ0n) is 15.1. The van der Waals surface area contributed by atoms with Crippen LogP contribution in [0.15, 0.2) is 60.1 Å². The fourth-order valence-electron chi connectivity index (χ4n) is 3.15. The van der Waals surface area contributed by atoms with Crippen LogP contribution in [-0.4, -0.2) is 27.3 Å². The number of thiazole rings is 1. The molecule has 0 saturated carbocycles. The largest absolute Gasteiger partial charge is 0.493 e. The zero-order valence-corrected chi connectivity index (χ0v) is 15.9. The molecule has 0 radical (unpaired) electrons. The second kappa shape index (κ2) is 7.14. The van der Waals surface area contributed by atoms with Gasteiger partial charge >= 0.3 is 0 Å². The van der Waals surface area contributed by atoms with Crippen LogP contribution in [0.1, 0.15) is 16.1 Å². The summed E-state index contributed by atoms with van der Waals surface area (Å²) in [5, 5.41) is 9.44. The highest BCUT2D eigenvalue weighted by Gasteiger charge is 2.16. The monoisotopic (exact) mass is 406 g/mol. The third-order valence-corrected chi connectivity index (χ3v) is 5.38. The lowest BCUT2D eigenvalue weighted by Crippen LogP contribution is -2.13. The molecule has 2 aromatic heterocycles. The number of ether oxygens (including phenoxy) is 1. The zero-order chi connectivity index (χ0) is 19.8. The Morgan fingerprint density at radius 1 is 1.17 bits per heavy atom. The molecule has 1 amide bonds. The molecule has 5 rings (SSSR count). The summed E-state index contributed by atoms with van der Waals surface area (Å²) in [4.78, 5) is 17.0. The number of carbonyl (C=O) groups is 1. The molecule has 0 atom stereocenters. The molecule has 0 spiro atoms. The summed E-state index contributed by atoms with van der Waals surface area (Å²) >= 11 is 1.35. The van der Waals surface area contributed by atoms with E-state index in [1.807, 2.05) is 17.5 Å². The highest BCUT2D eigenvalue weighted by molar-refractivity contribution is 7.14. The minimum atomic E-state index is -0.353. The van der Waals surface area contributed by atoms with Gasteiger partial charge < -0.3 is 4.74 Å². The van der Waals surface area contributed by atoms with Crippen molar-refractivity contribution in [2.24, 2.45) is 0 Å². The summed E-state index contributed by atoms with van der Waals surface area (Å²) in [6.07, 6.45) is 2.55. The molecule has 1 N–H and O–H groups in total. The van der Waals surface area contributed by atoms with Crippen molar-refractivity contribution in [2.75, 3.05) is 11.9 Å². The van der Waals surface area contributed by atoms with Crippen LogP contribution in [0.25, 0.3) is 16.9 Å². The predicted molar refractivity (Wildman–Crippen MR) is 108 cm³/mol. The molecule has 0 saturated heterocycles. The lowest BCUT2D eigenvalue weighted by Gasteiger charge is -2.02. The van der Waals surface area contributed by atoms with Crippen LogP contribution in [0.4, 0.5) is 9.52 Å². The van der Waals surface area contributed by atoms with Gasteiger partial charge in [0.15, 0.2) is 10.8 Å². The minimum absolute atomic E-state index is 0.251. The number of halogens is 1. The number of nitrogens with zero attached hydrogens (tertiary/aromatic N) is 3. The summed E-state index contributed by atoms with van der Waals surface area (Å²) < 4.78 is 20.1. The van der Waals surface area contributed by atoms with E-state index in [4.69, 9.17) is 4.74 Å². The average Bonchev–Trinajstić information content (AvgIpc) is 3.48. The van der Waals surface area contributed by atoms with Crippen LogP contribution in [-0.2, 0) is 6.42 Å². The third-order valence-electron chi connectivity index (χ3n) is 4.62. The highest BCUT2D eigenvalue weighted by Crippen LogP contribution is 2.32. The molecule has 6 nitrogen and oxygen atoms in total. The standard InChI is InChI=1S/C21H15FN4O2S/c22-15-2-4-16(5-3-15)26-9-7-17(25-26)20(27)24-21-23-18(12-29-21)13-1-6-19-14(11-13)8-10-28-19/h1-7,9,11-12H,8,10H2,(H,23,24,27). The Bertz CT molecular complexity index is 1200. The Morgan fingerprint density at radius 3 is 2.90 bits per heavy atom. The molecule has 144 valence electrons. The first-order chi connectivity index (χ1) is 14.2. The number of aromatic nitrogens is 3. The topological polar surface area (TPSA) is 69.0 Å². The number of anilines is 1. The van der Waals surface area contributed by atoms with Gasteiger partial charge in [-0.25, -0.2) is 14.1 Å². The van der Waals surface area contributed by atoms with Crippen molar-refractivity contribution in [3.63, 3.8) is 0 Å². The first-order valence-electron chi connectivity index (χ1n) is 9.00. The molecule has 4 aromatic rings. The predicted octanol–water partition coefficient (Wildman–Crippen LogP) is 4.32. The van der Waals surface area contributed by atoms with Crippen molar-refractivity contribution in [1.82, 2.24) is 14.8 Å². The Labute approximate surface area is 169 Å². The first-order valence-corrected chi connectivity index (χ1v) is 9.88. The molecule has 3 heterocycles. The number of amides is 1. The van der Waals surface area contributed by atoms with Gasteiger partial charge in [-0.2, -0.15) is 5.10 Å². The molecule has 1 aliphatic heterocycles. The van der Waals surface area contributed by atoms with Crippen molar-refractivity contribution in [3.8, 4) is 22.7 Å². The van der Waals surface area contributed by atoms with Gasteiger partial charge in [0, 0.05) is 23.6 Å². The van der Waals surface area contributed by atoms with Crippen molar-refractivity contribution in [3.05, 3.63) is 77.2 Å². The molecule has 2 aromatic carbocycles. The van der Waals surface area contributed by atoms with Crippen LogP contribution in [0, 0.1) is 5.82 Å². The number of benzene rings is 2. The van der Waals surface area contributed by atoms with Gasteiger partial charge in [0.05, 0.1) is 18.0 Å². The summed E-state index contributed by atoms with van der Waals surface area (Å²) in [7, 11) is 0. The SMILES string of the molecule is O=C(Nc1nc(-c2ccc3c(c2)CCO3)cs1)c1ccn(-c2ccc(F)cc2)n1. The van der Waals surface area contributed by atoms with Crippen molar-refractivity contribution < 1.29 is 13.9 Å². The van der Waals surface area contributed by atoms with Crippen LogP contribution in [0.3, 0.4) is 0 Å². The molecule has 8 heteroatoms. The Hall–Kier alpha value is -3.52. The van der Waals surface area contributed by atoms with Gasteiger partial charge in [-0.05, 0) is 54.1 Å². The lowest BCUT2D eigenvalue weighted by atomic mass is 10.1. The minimum Gasteiger partial charge on any atom is -0.493 e. The summed E-state index contributed by atoms with van der Waals surface area (Å²) in [6, 6.07) is 13.5. The molecular formula is C21H15FN4O2S. The molecular weight excluding hydrogens is 391 g/mol. The van der Waals surface area contributed by atoms with Crippen molar-refractivity contribution in [2.45, 2.75) is 6.42 Å². The normalized spacial score (nSPS) is 12.4. The Kier molecular flexibility index (Phi) is 4.33. The van der Waals surface area contributed by atoms with Gasteiger partial charge in [0.1, 0.15) is 11.6 Å². The average molecular weight is 406 g/mol. The summed E-state index contributed by atoms with van der Waals surface area (Å²) in [6.45, 7) is 0.710. The van der Waals surface area contributed by atoms with E-state index in [1.165, 1.54) is 33.7 Å². The smallest absolute Gasteiger partial charge is 0.277 e. The summed E-state index contributed by atoms with van der Waals surface area (Å²) in [5.41, 5.74) is 3.89. The van der Waals surface area contributed by atoms with E-state index in [9.17, 15) is 9.18 Å². The van der Waals surface area contributed by atoms with E-state index in [1.54, 1.807) is 24.4 Å². The molecule has 0 fully saturated rings. The van der Waals surface area contributed by atoms with Crippen LogP contribution < -0.4 is 10.1 Å². The van der Waals surface area contributed by atoms with E-state index < -0.39 is 0 Å². The maximum Gasteiger partial charge on any atom is 0.277 e. The molecule has 0 unspecified atom stereocenters. The van der Waals surface area contributed by atoms with E-state index in [2.05, 4.69) is 21.5 Å². The molecule has 29 heavy (non-hydrogen) atoms. The second-order valence-corrected chi connectivity index (χ2v) is 7.39. The van der Waals surface area contributed by atoms with Gasteiger partial charge in [0.2, 0.25) is 0 Å². The van der Waals surface area contributed by atoms with Crippen LogP contribution in [0.5, 0.6) is 5.75 Å². The molecule has 1 aliphatic rings. The second-order valence-electron chi connectivity index (χ2n) is 6.53. The Balaban J connectivity index is 1.31. The summed E-state index contributed by atoms with van der Waals surface area (Å²) in [5.74, 6) is 0.248. The Morgan fingerprint density at radius 2 is 2.03 bits per heavy atom. The number of carbonyl (C=O) groups excluding carboxylic acids is 1. The van der Waals surface area contributed by atoms with Gasteiger partial charge in [-0.15, -0.1) is 11.3 Å². The number of rotatable bonds is 4. The first kappa shape index (κ1) is 17.6. The number of hydrogen-bond donors (Lipinski definition) is 1. The van der Waals surface area contributed by atoms with Crippen molar-refractivity contribution in [1.29, 1.82) is 0 Å².